The van der Waals surface area contributed by atoms with Gasteiger partial charge in [-0.15, -0.1) is 0 Å². The Morgan fingerprint density at radius 3 is 1.85 bits per heavy atom. The summed E-state index contributed by atoms with van der Waals surface area (Å²) in [6, 6.07) is 0.315. The maximum absolute atomic E-state index is 10.5. The maximum Gasteiger partial charge on any atom is 0.314 e. The molecule has 4 heteroatoms. The fourth-order valence-electron chi connectivity index (χ4n) is 1.21. The van der Waals surface area contributed by atoms with Crippen LogP contribution < -0.4 is 11.5 Å². The molecule has 4 nitrogen and oxygen atoms in total. The molecule has 2 rings (SSSR count). The molecule has 1 aliphatic heterocycles. The molecule has 2 aliphatic rings. The molecule has 0 aromatic heterocycles. The number of nitrogens with zero attached hydrogens (tertiary/aromatic N) is 1. The van der Waals surface area contributed by atoms with Crippen molar-refractivity contribution in [3.8, 4) is 0 Å². The standard InChI is InChI=1S/C6H12N2O.C3H7N/c7-6(9)8-4-2-1-3-5-8;4-3-1-2-3/h1-5H2,(H2,7,9);3H,1-2,4H2. The van der Waals surface area contributed by atoms with Gasteiger partial charge >= 0.3 is 6.03 Å². The van der Waals surface area contributed by atoms with Crippen LogP contribution in [0.1, 0.15) is 32.1 Å². The summed E-state index contributed by atoms with van der Waals surface area (Å²) in [6.45, 7) is 1.71. The Morgan fingerprint density at radius 1 is 1.15 bits per heavy atom. The molecule has 1 aliphatic carbocycles. The van der Waals surface area contributed by atoms with Gasteiger partial charge in [0.05, 0.1) is 0 Å². The molecule has 0 aromatic carbocycles. The van der Waals surface area contributed by atoms with Crippen LogP contribution in [0.3, 0.4) is 0 Å². The normalized spacial score (nSPS) is 21.8. The second-order valence-corrected chi connectivity index (χ2v) is 3.72. The van der Waals surface area contributed by atoms with E-state index in [0.29, 0.717) is 6.04 Å². The molecule has 76 valence electrons. The van der Waals surface area contributed by atoms with Crippen LogP contribution in [0.25, 0.3) is 0 Å². The molecule has 0 spiro atoms. The second-order valence-electron chi connectivity index (χ2n) is 3.72. The van der Waals surface area contributed by atoms with Crippen LogP contribution in [-0.2, 0) is 0 Å². The molecule has 0 radical (unpaired) electrons. The highest BCUT2D eigenvalue weighted by atomic mass is 16.2. The summed E-state index contributed by atoms with van der Waals surface area (Å²) < 4.78 is 0. The zero-order chi connectivity index (χ0) is 9.68. The number of piperidine rings is 1. The SMILES string of the molecule is NC(=O)N1CCCCC1.NC1CC1. The van der Waals surface area contributed by atoms with E-state index in [1.54, 1.807) is 4.90 Å². The average Bonchev–Trinajstić information content (AvgIpc) is 2.90. The molecule has 0 bridgehead atoms. The Morgan fingerprint density at radius 2 is 1.62 bits per heavy atom. The minimum atomic E-state index is -0.269. The van der Waals surface area contributed by atoms with Gasteiger partial charge in [0.2, 0.25) is 0 Å². The van der Waals surface area contributed by atoms with E-state index in [4.69, 9.17) is 11.5 Å². The van der Waals surface area contributed by atoms with Crippen LogP contribution in [0, 0.1) is 0 Å². The molecule has 2 fully saturated rings. The van der Waals surface area contributed by atoms with Crippen LogP contribution in [0.5, 0.6) is 0 Å². The third-order valence-corrected chi connectivity index (χ3v) is 2.29. The topological polar surface area (TPSA) is 72.4 Å². The van der Waals surface area contributed by atoms with Crippen molar-refractivity contribution >= 4 is 6.03 Å². The highest BCUT2D eigenvalue weighted by Gasteiger charge is 2.13. The summed E-state index contributed by atoms with van der Waals surface area (Å²) in [5, 5.41) is 0. The Balaban J connectivity index is 0.000000175. The van der Waals surface area contributed by atoms with E-state index < -0.39 is 0 Å². The molecule has 1 saturated carbocycles. The van der Waals surface area contributed by atoms with Crippen LogP contribution >= 0.6 is 0 Å². The number of hydrogen-bond donors (Lipinski definition) is 2. The number of amides is 2. The minimum Gasteiger partial charge on any atom is -0.351 e. The second kappa shape index (κ2) is 5.07. The molecular formula is C9H19N3O. The smallest absolute Gasteiger partial charge is 0.314 e. The largest absolute Gasteiger partial charge is 0.351 e. The first kappa shape index (κ1) is 10.3. The lowest BCUT2D eigenvalue weighted by molar-refractivity contribution is 0.196. The van der Waals surface area contributed by atoms with E-state index >= 15 is 0 Å². The number of carbonyl (C=O) groups is 1. The van der Waals surface area contributed by atoms with Crippen molar-refractivity contribution < 1.29 is 4.79 Å². The van der Waals surface area contributed by atoms with Crippen molar-refractivity contribution in [1.82, 2.24) is 4.90 Å². The highest BCUT2D eigenvalue weighted by Crippen LogP contribution is 2.13. The molecule has 0 unspecified atom stereocenters. The Labute approximate surface area is 79.3 Å². The highest BCUT2D eigenvalue weighted by molar-refractivity contribution is 5.71. The molecule has 0 atom stereocenters. The number of urea groups is 1. The number of hydrogen-bond acceptors (Lipinski definition) is 2. The fraction of sp³-hybridized carbons (Fsp3) is 0.889. The zero-order valence-electron chi connectivity index (χ0n) is 8.04. The average molecular weight is 185 g/mol. The summed E-state index contributed by atoms with van der Waals surface area (Å²) in [4.78, 5) is 12.2. The van der Waals surface area contributed by atoms with Gasteiger partial charge < -0.3 is 16.4 Å². The molecule has 0 aromatic rings. The molecular weight excluding hydrogens is 166 g/mol. The zero-order valence-corrected chi connectivity index (χ0v) is 8.04. The van der Waals surface area contributed by atoms with E-state index in [9.17, 15) is 4.79 Å². The quantitative estimate of drug-likeness (QED) is 0.582. The van der Waals surface area contributed by atoms with Crippen molar-refractivity contribution in [2.45, 2.75) is 38.1 Å². The Bertz CT molecular complexity index is 162. The number of carbonyl (C=O) groups excluding carboxylic acids is 1. The van der Waals surface area contributed by atoms with Crippen LogP contribution in [0.2, 0.25) is 0 Å². The van der Waals surface area contributed by atoms with E-state index in [1.165, 1.54) is 19.3 Å². The molecule has 1 heterocycles. The minimum absolute atomic E-state index is 0.269. The van der Waals surface area contributed by atoms with Crippen molar-refractivity contribution in [3.63, 3.8) is 0 Å². The van der Waals surface area contributed by atoms with Crippen molar-refractivity contribution in [3.05, 3.63) is 0 Å². The lowest BCUT2D eigenvalue weighted by Crippen LogP contribution is -2.39. The Kier molecular flexibility index (Phi) is 4.02. The number of likely N-dealkylation sites (tertiary alicyclic amines) is 1. The van der Waals surface area contributed by atoms with Gasteiger partial charge in [-0.2, -0.15) is 0 Å². The van der Waals surface area contributed by atoms with Gasteiger partial charge in [-0.1, -0.05) is 0 Å². The van der Waals surface area contributed by atoms with Gasteiger partial charge in [-0.05, 0) is 32.1 Å². The molecule has 1 saturated heterocycles. The lowest BCUT2D eigenvalue weighted by Gasteiger charge is -2.24. The first-order valence-corrected chi connectivity index (χ1v) is 5.00. The van der Waals surface area contributed by atoms with Crippen molar-refractivity contribution in [2.75, 3.05) is 13.1 Å². The van der Waals surface area contributed by atoms with Gasteiger partial charge in [-0.3, -0.25) is 0 Å². The molecule has 4 N–H and O–H groups in total. The van der Waals surface area contributed by atoms with Crippen LogP contribution in [-0.4, -0.2) is 30.1 Å². The van der Waals surface area contributed by atoms with E-state index in [0.717, 1.165) is 25.9 Å². The Hall–Kier alpha value is -0.770. The van der Waals surface area contributed by atoms with Gasteiger partial charge in [-0.25, -0.2) is 4.79 Å². The van der Waals surface area contributed by atoms with Gasteiger partial charge in [0.1, 0.15) is 0 Å². The summed E-state index contributed by atoms with van der Waals surface area (Å²) in [7, 11) is 0. The third-order valence-electron chi connectivity index (χ3n) is 2.29. The van der Waals surface area contributed by atoms with Crippen molar-refractivity contribution in [1.29, 1.82) is 0 Å². The maximum atomic E-state index is 10.5. The van der Waals surface area contributed by atoms with Gasteiger partial charge in [0, 0.05) is 19.1 Å². The summed E-state index contributed by atoms with van der Waals surface area (Å²) in [6.07, 6.45) is 6.00. The predicted molar refractivity (Wildman–Crippen MR) is 52.2 cm³/mol. The monoisotopic (exact) mass is 185 g/mol. The van der Waals surface area contributed by atoms with Gasteiger partial charge in [0.15, 0.2) is 0 Å². The molecule has 2 amide bonds. The van der Waals surface area contributed by atoms with E-state index in [-0.39, 0.29) is 6.03 Å². The lowest BCUT2D eigenvalue weighted by atomic mass is 10.1. The molecule has 13 heavy (non-hydrogen) atoms. The number of rotatable bonds is 0. The van der Waals surface area contributed by atoms with Crippen LogP contribution in [0.4, 0.5) is 4.79 Å². The number of primary amides is 1. The van der Waals surface area contributed by atoms with Crippen molar-refractivity contribution in [2.24, 2.45) is 11.5 Å². The third kappa shape index (κ3) is 4.72. The van der Waals surface area contributed by atoms with E-state index in [1.807, 2.05) is 0 Å². The van der Waals surface area contributed by atoms with Gasteiger partial charge in [0.25, 0.3) is 0 Å². The number of nitrogens with two attached hydrogens (primary N) is 2. The van der Waals surface area contributed by atoms with Crippen LogP contribution in [0.15, 0.2) is 0 Å². The first-order valence-electron chi connectivity index (χ1n) is 5.00. The summed E-state index contributed by atoms with van der Waals surface area (Å²) >= 11 is 0. The van der Waals surface area contributed by atoms with E-state index in [2.05, 4.69) is 0 Å². The fourth-order valence-corrected chi connectivity index (χ4v) is 1.21. The first-order chi connectivity index (χ1) is 6.20. The summed E-state index contributed by atoms with van der Waals surface area (Å²) in [5.41, 5.74) is 10.3. The summed E-state index contributed by atoms with van der Waals surface area (Å²) in [5.74, 6) is 0. The predicted octanol–water partition coefficient (Wildman–Crippen LogP) is 0.658.